The van der Waals surface area contributed by atoms with E-state index in [1.165, 1.54) is 25.7 Å². The van der Waals surface area contributed by atoms with Gasteiger partial charge in [-0.25, -0.2) is 0 Å². The van der Waals surface area contributed by atoms with Crippen LogP contribution >= 0.6 is 0 Å². The lowest BCUT2D eigenvalue weighted by atomic mass is 10.1. The van der Waals surface area contributed by atoms with E-state index in [-0.39, 0.29) is 0 Å². The van der Waals surface area contributed by atoms with Crippen LogP contribution in [0.2, 0.25) is 0 Å². The molecule has 1 aliphatic carbocycles. The summed E-state index contributed by atoms with van der Waals surface area (Å²) in [6.07, 6.45) is 8.90. The van der Waals surface area contributed by atoms with Gasteiger partial charge in [-0.3, -0.25) is 9.82 Å². The van der Waals surface area contributed by atoms with Gasteiger partial charge in [0.2, 0.25) is 0 Å². The fraction of sp³-hybridized carbons (Fsp3) is 0.583. The molecule has 0 aromatic carbocycles. The average Bonchev–Trinajstić information content (AvgIpc) is 2.79. The van der Waals surface area contributed by atoms with Gasteiger partial charge < -0.3 is 0 Å². The predicted octanol–water partition coefficient (Wildman–Crippen LogP) is 2.31. The second kappa shape index (κ2) is 5.83. The molecule has 1 fully saturated rings. The van der Waals surface area contributed by atoms with Gasteiger partial charge in [0.1, 0.15) is 0 Å². The third-order valence-corrected chi connectivity index (χ3v) is 2.87. The van der Waals surface area contributed by atoms with E-state index in [2.05, 4.69) is 10.5 Å². The molecular weight excluding hydrogens is 188 g/mol. The summed E-state index contributed by atoms with van der Waals surface area (Å²) in [4.78, 5) is 9.28. The van der Waals surface area contributed by atoms with Crippen molar-refractivity contribution in [1.82, 2.24) is 10.5 Å². The normalized spacial score (nSPS) is 17.1. The summed E-state index contributed by atoms with van der Waals surface area (Å²) >= 11 is 0. The lowest BCUT2D eigenvalue weighted by Gasteiger charge is -2.08. The molecule has 0 atom stereocenters. The van der Waals surface area contributed by atoms with Gasteiger partial charge >= 0.3 is 0 Å². The summed E-state index contributed by atoms with van der Waals surface area (Å²) in [5, 5.41) is 0. The molecule has 1 aliphatic rings. The summed E-state index contributed by atoms with van der Waals surface area (Å²) in [5.41, 5.74) is 5.23. The van der Waals surface area contributed by atoms with Crippen molar-refractivity contribution in [2.24, 2.45) is 5.92 Å². The highest BCUT2D eigenvalue weighted by Crippen LogP contribution is 2.24. The maximum Gasteiger partial charge on any atom is 0.0731 e. The minimum absolute atomic E-state index is 0.634. The van der Waals surface area contributed by atoms with E-state index in [1.54, 1.807) is 12.4 Å². The van der Waals surface area contributed by atoms with Gasteiger partial charge in [-0.1, -0.05) is 18.3 Å². The van der Waals surface area contributed by atoms with Crippen LogP contribution in [0, 0.1) is 5.92 Å². The Morgan fingerprint density at radius 1 is 1.27 bits per heavy atom. The molecule has 0 bridgehead atoms. The van der Waals surface area contributed by atoms with Crippen LogP contribution in [0.4, 0.5) is 0 Å². The van der Waals surface area contributed by atoms with Crippen molar-refractivity contribution in [3.05, 3.63) is 30.1 Å². The Hall–Kier alpha value is -0.930. The Kier molecular flexibility index (Phi) is 4.11. The third kappa shape index (κ3) is 3.61. The SMILES string of the molecule is c1cc(C[N]OCC2CCCC2)ccn1. The molecule has 0 spiro atoms. The number of hydrogen-bond donors (Lipinski definition) is 0. The Bertz CT molecular complexity index is 270. The third-order valence-electron chi connectivity index (χ3n) is 2.87. The van der Waals surface area contributed by atoms with Gasteiger partial charge in [-0.2, -0.15) is 0 Å². The number of hydrogen-bond acceptors (Lipinski definition) is 2. The maximum absolute atomic E-state index is 5.33. The molecule has 15 heavy (non-hydrogen) atoms. The molecule has 3 heteroatoms. The van der Waals surface area contributed by atoms with Gasteiger partial charge in [-0.05, 0) is 36.5 Å². The maximum atomic E-state index is 5.33. The Morgan fingerprint density at radius 3 is 2.73 bits per heavy atom. The zero-order valence-corrected chi connectivity index (χ0v) is 8.93. The van der Waals surface area contributed by atoms with Crippen molar-refractivity contribution >= 4 is 0 Å². The summed E-state index contributed by atoms with van der Waals surface area (Å²) in [6, 6.07) is 3.92. The van der Waals surface area contributed by atoms with E-state index in [0.717, 1.165) is 18.1 Å². The molecule has 1 aromatic heterocycles. The van der Waals surface area contributed by atoms with Gasteiger partial charge in [-0.15, -0.1) is 0 Å². The first-order chi connectivity index (χ1) is 7.45. The van der Waals surface area contributed by atoms with Crippen molar-refractivity contribution in [2.45, 2.75) is 32.2 Å². The molecule has 0 unspecified atom stereocenters. The van der Waals surface area contributed by atoms with E-state index >= 15 is 0 Å². The molecule has 0 amide bonds. The van der Waals surface area contributed by atoms with Gasteiger partial charge in [0, 0.05) is 12.4 Å². The smallest absolute Gasteiger partial charge is 0.0731 e. The number of aromatic nitrogens is 1. The molecule has 3 nitrogen and oxygen atoms in total. The van der Waals surface area contributed by atoms with Crippen LogP contribution in [0.3, 0.4) is 0 Å². The molecule has 0 saturated heterocycles. The van der Waals surface area contributed by atoms with Crippen molar-refractivity contribution in [3.63, 3.8) is 0 Å². The fourth-order valence-corrected chi connectivity index (χ4v) is 1.94. The summed E-state index contributed by atoms with van der Waals surface area (Å²) in [7, 11) is 0. The van der Waals surface area contributed by atoms with E-state index in [4.69, 9.17) is 4.84 Å². The Morgan fingerprint density at radius 2 is 2.00 bits per heavy atom. The minimum Gasteiger partial charge on any atom is -0.281 e. The van der Waals surface area contributed by atoms with Gasteiger partial charge in [0.05, 0.1) is 13.2 Å². The molecule has 81 valence electrons. The van der Waals surface area contributed by atoms with Crippen LogP contribution in [-0.4, -0.2) is 11.6 Å². The Balaban J connectivity index is 1.59. The molecule has 0 N–H and O–H groups in total. The zero-order chi connectivity index (χ0) is 10.3. The van der Waals surface area contributed by atoms with Crippen molar-refractivity contribution in [1.29, 1.82) is 0 Å². The van der Waals surface area contributed by atoms with Crippen molar-refractivity contribution < 1.29 is 4.84 Å². The number of hydroxylamine groups is 1. The second-order valence-electron chi connectivity index (χ2n) is 4.09. The van der Waals surface area contributed by atoms with E-state index in [9.17, 15) is 0 Å². The van der Waals surface area contributed by atoms with Crippen molar-refractivity contribution in [3.8, 4) is 0 Å². The van der Waals surface area contributed by atoms with E-state index in [0.29, 0.717) is 6.54 Å². The van der Waals surface area contributed by atoms with Crippen LogP contribution in [0.25, 0.3) is 0 Å². The fourth-order valence-electron chi connectivity index (χ4n) is 1.94. The molecule has 0 aliphatic heterocycles. The average molecular weight is 205 g/mol. The predicted molar refractivity (Wildman–Crippen MR) is 58.0 cm³/mol. The van der Waals surface area contributed by atoms with Crippen LogP contribution < -0.4 is 5.48 Å². The molecule has 1 saturated carbocycles. The largest absolute Gasteiger partial charge is 0.281 e. The van der Waals surface area contributed by atoms with Gasteiger partial charge in [0.15, 0.2) is 0 Å². The lowest BCUT2D eigenvalue weighted by Crippen LogP contribution is -2.12. The molecule has 2 rings (SSSR count). The van der Waals surface area contributed by atoms with E-state index < -0.39 is 0 Å². The molecule has 1 heterocycles. The molecule has 1 radical (unpaired) electrons. The first kappa shape index (κ1) is 10.6. The number of nitrogens with zero attached hydrogens (tertiary/aromatic N) is 2. The van der Waals surface area contributed by atoms with Crippen LogP contribution in [0.15, 0.2) is 24.5 Å². The standard InChI is InChI=1S/C12H17N2O/c1-2-4-12(3-1)10-15-14-9-11-5-7-13-8-6-11/h5-8,12H,1-4,9-10H2. The number of pyridine rings is 1. The highest BCUT2D eigenvalue weighted by molar-refractivity contribution is 5.08. The lowest BCUT2D eigenvalue weighted by molar-refractivity contribution is 0.00656. The molecular formula is C12H17N2O. The van der Waals surface area contributed by atoms with Gasteiger partial charge in [0.25, 0.3) is 0 Å². The number of rotatable bonds is 5. The topological polar surface area (TPSA) is 36.2 Å². The molecule has 1 aromatic rings. The zero-order valence-electron chi connectivity index (χ0n) is 8.93. The van der Waals surface area contributed by atoms with Crippen molar-refractivity contribution in [2.75, 3.05) is 6.61 Å². The van der Waals surface area contributed by atoms with Crippen LogP contribution in [0.1, 0.15) is 31.2 Å². The quantitative estimate of drug-likeness (QED) is 0.546. The van der Waals surface area contributed by atoms with Crippen LogP contribution in [0.5, 0.6) is 0 Å². The monoisotopic (exact) mass is 205 g/mol. The minimum atomic E-state index is 0.634. The first-order valence-corrected chi connectivity index (χ1v) is 5.63. The highest BCUT2D eigenvalue weighted by atomic mass is 16.6. The summed E-state index contributed by atoms with van der Waals surface area (Å²) in [6.45, 7) is 1.43. The first-order valence-electron chi connectivity index (χ1n) is 5.63. The van der Waals surface area contributed by atoms with Crippen LogP contribution in [-0.2, 0) is 11.4 Å². The summed E-state index contributed by atoms with van der Waals surface area (Å²) in [5.74, 6) is 0.742. The highest BCUT2D eigenvalue weighted by Gasteiger charge is 2.14. The second-order valence-corrected chi connectivity index (χ2v) is 4.09. The summed E-state index contributed by atoms with van der Waals surface area (Å²) < 4.78 is 0. The Labute approximate surface area is 90.8 Å². The van der Waals surface area contributed by atoms with E-state index in [1.807, 2.05) is 12.1 Å².